The molecule has 10 nitrogen and oxygen atoms in total. The van der Waals surface area contributed by atoms with E-state index in [1.54, 1.807) is 13.8 Å². The van der Waals surface area contributed by atoms with E-state index < -0.39 is 29.2 Å². The van der Waals surface area contributed by atoms with Crippen LogP contribution < -0.4 is 4.52 Å². The number of hydrogen-bond acceptors (Lipinski definition) is 11. The molecule has 15 heteroatoms. The first-order valence-corrected chi connectivity index (χ1v) is 16.3. The first-order chi connectivity index (χ1) is 14.6. The minimum absolute atomic E-state index is 0.0107. The molecule has 0 radical (unpaired) electrons. The Balaban J connectivity index is 0.000000615. The van der Waals surface area contributed by atoms with Gasteiger partial charge in [0.1, 0.15) is 5.75 Å². The maximum atomic E-state index is 11.4. The molecule has 31 heavy (non-hydrogen) atoms. The van der Waals surface area contributed by atoms with Crippen molar-refractivity contribution in [3.05, 3.63) is 34.4 Å². The molecule has 1 aromatic carbocycles. The third-order valence-corrected chi connectivity index (χ3v) is 11.2. The largest absolute Gasteiger partial charge is 0.424 e. The zero-order chi connectivity index (χ0) is 23.9. The maximum absolute atomic E-state index is 11.4. The van der Waals surface area contributed by atoms with Gasteiger partial charge >= 0.3 is 13.5 Å². The van der Waals surface area contributed by atoms with Crippen molar-refractivity contribution in [3.8, 4) is 5.75 Å². The summed E-state index contributed by atoms with van der Waals surface area (Å²) in [6, 6.07) is 5.62. The fourth-order valence-electron chi connectivity index (χ4n) is 1.73. The van der Waals surface area contributed by atoms with Gasteiger partial charge in [0.15, 0.2) is 0 Å². The number of rotatable bonds is 14. The Morgan fingerprint density at radius 3 is 2.00 bits per heavy atom. The van der Waals surface area contributed by atoms with Gasteiger partial charge in [-0.15, -0.1) is 0 Å². The Kier molecular flexibility index (Phi) is 16.1. The maximum Gasteiger partial charge on any atom is 0.388 e. The van der Waals surface area contributed by atoms with Crippen molar-refractivity contribution < 1.29 is 36.3 Å². The van der Waals surface area contributed by atoms with E-state index in [4.69, 9.17) is 34.4 Å². The lowest BCUT2D eigenvalue weighted by Crippen LogP contribution is -2.02. The molecular formula is C16H29NO9P2S3. The summed E-state index contributed by atoms with van der Waals surface area (Å²) in [6.07, 6.45) is 0. The minimum Gasteiger partial charge on any atom is -0.424 e. The molecule has 1 unspecified atom stereocenters. The molecule has 1 aromatic rings. The van der Waals surface area contributed by atoms with Gasteiger partial charge in [-0.2, -0.15) is 0 Å². The van der Waals surface area contributed by atoms with Crippen molar-refractivity contribution >= 4 is 53.2 Å². The van der Waals surface area contributed by atoms with E-state index in [0.717, 1.165) is 11.4 Å². The first kappa shape index (κ1) is 30.6. The highest BCUT2D eigenvalue weighted by Crippen LogP contribution is 2.59. The number of nitro benzene ring substituents is 1. The van der Waals surface area contributed by atoms with E-state index in [1.807, 2.05) is 6.92 Å². The Labute approximate surface area is 194 Å². The lowest BCUT2D eigenvalue weighted by molar-refractivity contribution is -0.384. The highest BCUT2D eigenvalue weighted by Gasteiger charge is 2.22. The molecule has 0 aliphatic rings. The molecule has 0 heterocycles. The van der Waals surface area contributed by atoms with Crippen LogP contribution >= 0.6 is 24.9 Å². The average molecular weight is 538 g/mol. The Bertz CT molecular complexity index is 762. The predicted octanol–water partition coefficient (Wildman–Crippen LogP) is 5.16. The van der Waals surface area contributed by atoms with Gasteiger partial charge in [-0.05, 0) is 37.4 Å². The first-order valence-electron chi connectivity index (χ1n) is 9.12. The van der Waals surface area contributed by atoms with Crippen LogP contribution in [0.15, 0.2) is 24.3 Å². The van der Waals surface area contributed by atoms with E-state index in [-0.39, 0.29) is 5.69 Å². The predicted molar refractivity (Wildman–Crippen MR) is 129 cm³/mol. The van der Waals surface area contributed by atoms with Gasteiger partial charge in [0.05, 0.1) is 18.1 Å². The zero-order valence-corrected chi connectivity index (χ0v) is 22.3. The summed E-state index contributed by atoms with van der Waals surface area (Å²) in [5.41, 5.74) is -0.0107. The van der Waals surface area contributed by atoms with Crippen LogP contribution in [0, 0.1) is 10.1 Å². The lowest BCUT2D eigenvalue weighted by atomic mass is 10.3. The van der Waals surface area contributed by atoms with Crippen molar-refractivity contribution in [2.75, 3.05) is 44.7 Å². The van der Waals surface area contributed by atoms with Gasteiger partial charge in [0, 0.05) is 66.2 Å². The van der Waals surface area contributed by atoms with Gasteiger partial charge in [-0.3, -0.25) is 23.4 Å². The van der Waals surface area contributed by atoms with Crippen molar-refractivity contribution in [2.24, 2.45) is 0 Å². The second-order valence-corrected chi connectivity index (χ2v) is 14.4. The summed E-state index contributed by atoms with van der Waals surface area (Å²) in [5, 5.41) is 10.5. The zero-order valence-electron chi connectivity index (χ0n) is 18.1. The molecule has 0 fully saturated rings. The number of nitro groups is 1. The number of hydrogen-bond donors (Lipinski definition) is 0. The molecule has 0 bridgehead atoms. The van der Waals surface area contributed by atoms with E-state index >= 15 is 0 Å². The number of benzene rings is 1. The number of non-ortho nitro benzene ring substituents is 1. The summed E-state index contributed by atoms with van der Waals surface area (Å²) >= 11 is 6.26. The molecule has 0 saturated carbocycles. The molecule has 1 atom stereocenters. The number of nitrogens with zero attached hydrogens (tertiary/aromatic N) is 1. The third kappa shape index (κ3) is 13.1. The summed E-state index contributed by atoms with van der Waals surface area (Å²) in [7, 11) is 1.86. The highest BCUT2D eigenvalue weighted by atomic mass is 32.7. The van der Waals surface area contributed by atoms with Gasteiger partial charge in [0.25, 0.3) is 5.69 Å². The molecule has 0 saturated heterocycles. The topological polar surface area (TPSA) is 123 Å². The quantitative estimate of drug-likeness (QED) is 0.178. The van der Waals surface area contributed by atoms with Crippen LogP contribution in [-0.2, 0) is 45.3 Å². The van der Waals surface area contributed by atoms with Crippen molar-refractivity contribution in [1.29, 1.82) is 0 Å². The van der Waals surface area contributed by atoms with Crippen LogP contribution in [0.4, 0.5) is 5.69 Å². The van der Waals surface area contributed by atoms with Crippen LogP contribution in [0.2, 0.25) is 0 Å². The fraction of sp³-hybridized carbons (Fsp3) is 0.625. The van der Waals surface area contributed by atoms with Crippen LogP contribution in [-0.4, -0.2) is 53.8 Å². The molecule has 180 valence electrons. The molecule has 0 aliphatic heterocycles. The van der Waals surface area contributed by atoms with Gasteiger partial charge in [-0.25, -0.2) is 4.57 Å². The summed E-state index contributed by atoms with van der Waals surface area (Å²) in [6.45, 7) is 0.412. The molecule has 0 amide bonds. The summed E-state index contributed by atoms with van der Waals surface area (Å²) in [5.74, 6) is 2.08. The van der Waals surface area contributed by atoms with E-state index in [0.29, 0.717) is 36.2 Å². The monoisotopic (exact) mass is 537 g/mol. The molecule has 0 aromatic heterocycles. The molecule has 0 spiro atoms. The van der Waals surface area contributed by atoms with Crippen LogP contribution in [0.3, 0.4) is 0 Å². The van der Waals surface area contributed by atoms with Crippen molar-refractivity contribution in [2.45, 2.75) is 20.8 Å². The van der Waals surface area contributed by atoms with Crippen molar-refractivity contribution in [3.63, 3.8) is 0 Å². The summed E-state index contributed by atoms with van der Waals surface area (Å²) in [4.78, 5) is 10.0. The van der Waals surface area contributed by atoms with Gasteiger partial charge in [-0.1, -0.05) is 6.92 Å². The third-order valence-electron chi connectivity index (χ3n) is 3.17. The summed E-state index contributed by atoms with van der Waals surface area (Å²) < 4.78 is 47.9. The SMILES string of the molecule is CCOP(=S)(OCC)Oc1ccc([N+](=O)[O-])cc1.CCS(=O)CCSP(=O)(OC)OC. The van der Waals surface area contributed by atoms with E-state index in [2.05, 4.69) is 0 Å². The van der Waals surface area contributed by atoms with Gasteiger partial charge < -0.3 is 13.6 Å². The minimum atomic E-state index is -2.97. The Morgan fingerprint density at radius 2 is 1.61 bits per heavy atom. The van der Waals surface area contributed by atoms with E-state index in [9.17, 15) is 18.9 Å². The smallest absolute Gasteiger partial charge is 0.388 e. The highest BCUT2D eigenvalue weighted by molar-refractivity contribution is 8.55. The second-order valence-electron chi connectivity index (χ2n) is 5.20. The van der Waals surface area contributed by atoms with Crippen molar-refractivity contribution in [1.82, 2.24) is 0 Å². The van der Waals surface area contributed by atoms with E-state index in [1.165, 1.54) is 38.5 Å². The molecule has 0 N–H and O–H groups in total. The molecule has 0 aliphatic carbocycles. The Morgan fingerprint density at radius 1 is 1.10 bits per heavy atom. The van der Waals surface area contributed by atoms with Crippen LogP contribution in [0.25, 0.3) is 0 Å². The normalized spacial score (nSPS) is 12.5. The molecule has 1 rings (SSSR count). The van der Waals surface area contributed by atoms with Crippen LogP contribution in [0.1, 0.15) is 20.8 Å². The van der Waals surface area contributed by atoms with Crippen LogP contribution in [0.5, 0.6) is 5.75 Å². The lowest BCUT2D eigenvalue weighted by Gasteiger charge is -2.20. The molecular weight excluding hydrogens is 508 g/mol. The average Bonchev–Trinajstić information content (AvgIpc) is 2.74. The second kappa shape index (κ2) is 16.3. The standard InChI is InChI=1S/C10H14NO5PS.C6H15O4PS2/c1-3-14-17(18,15-4-2)16-10-7-5-9(6-8-10)11(12)13;1-4-13(8)6-5-12-11(7,9-2)10-3/h5-8H,3-4H2,1-2H3;4-6H2,1-3H3. The van der Waals surface area contributed by atoms with Gasteiger partial charge in [0.2, 0.25) is 0 Å². The Hall–Kier alpha value is -0.360. The fourth-order valence-corrected chi connectivity index (χ4v) is 7.70.